The maximum atomic E-state index is 13.5. The molecular weight excluding hydrogens is 345 g/mol. The van der Waals surface area contributed by atoms with Crippen LogP contribution in [0.4, 0.5) is 10.2 Å². The average Bonchev–Trinajstić information content (AvgIpc) is 2.69. The van der Waals surface area contributed by atoms with Gasteiger partial charge in [-0.25, -0.2) is 14.4 Å². The Labute approximate surface area is 154 Å². The van der Waals surface area contributed by atoms with Gasteiger partial charge in [-0.1, -0.05) is 6.07 Å². The highest BCUT2D eigenvalue weighted by Gasteiger charge is 2.08. The van der Waals surface area contributed by atoms with E-state index in [0.717, 1.165) is 5.56 Å². The fourth-order valence-corrected chi connectivity index (χ4v) is 2.44. The molecule has 0 saturated heterocycles. The Bertz CT molecular complexity index is 1060. The van der Waals surface area contributed by atoms with Crippen LogP contribution in [0.15, 0.2) is 54.9 Å². The maximum absolute atomic E-state index is 13.5. The van der Waals surface area contributed by atoms with Crippen LogP contribution in [0.2, 0.25) is 0 Å². The molecule has 3 aromatic rings. The van der Waals surface area contributed by atoms with Crippen molar-refractivity contribution in [3.8, 4) is 12.1 Å². The Kier molecular flexibility index (Phi) is 5.15. The fourth-order valence-electron chi connectivity index (χ4n) is 2.44. The zero-order valence-corrected chi connectivity index (χ0v) is 14.0. The van der Waals surface area contributed by atoms with Crippen LogP contribution in [0.5, 0.6) is 0 Å². The minimum atomic E-state index is -0.461. The van der Waals surface area contributed by atoms with Crippen LogP contribution < -0.4 is 5.32 Å². The summed E-state index contributed by atoms with van der Waals surface area (Å²) in [6, 6.07) is 14.3. The molecule has 0 bridgehead atoms. The van der Waals surface area contributed by atoms with Crippen molar-refractivity contribution in [2.75, 3.05) is 5.32 Å². The summed E-state index contributed by atoms with van der Waals surface area (Å²) in [7, 11) is 0. The second-order valence-corrected chi connectivity index (χ2v) is 5.69. The lowest BCUT2D eigenvalue weighted by Gasteiger charge is -2.06. The van der Waals surface area contributed by atoms with Crippen molar-refractivity contribution in [1.29, 1.82) is 10.5 Å². The summed E-state index contributed by atoms with van der Waals surface area (Å²) in [5, 5.41) is 20.3. The van der Waals surface area contributed by atoms with Gasteiger partial charge in [-0.05, 0) is 53.9 Å². The van der Waals surface area contributed by atoms with E-state index in [4.69, 9.17) is 10.5 Å². The van der Waals surface area contributed by atoms with Crippen molar-refractivity contribution in [3.63, 3.8) is 0 Å². The van der Waals surface area contributed by atoms with E-state index in [1.165, 1.54) is 30.5 Å². The van der Waals surface area contributed by atoms with E-state index in [2.05, 4.69) is 15.3 Å². The first-order valence-corrected chi connectivity index (χ1v) is 7.89. The number of carbonyl (C=O) groups is 1. The molecule has 6 nitrogen and oxygen atoms in total. The van der Waals surface area contributed by atoms with Crippen LogP contribution in [0.1, 0.15) is 32.7 Å². The normalized spacial score (nSPS) is 9.89. The molecule has 0 radical (unpaired) electrons. The molecule has 0 spiro atoms. The monoisotopic (exact) mass is 357 g/mol. The van der Waals surface area contributed by atoms with Crippen LogP contribution in [-0.2, 0) is 6.42 Å². The van der Waals surface area contributed by atoms with Crippen LogP contribution in [0.3, 0.4) is 0 Å². The van der Waals surface area contributed by atoms with E-state index in [-0.39, 0.29) is 11.3 Å². The number of nitrogens with zero attached hydrogens (tertiary/aromatic N) is 4. The molecule has 1 N–H and O–H groups in total. The van der Waals surface area contributed by atoms with Gasteiger partial charge in [0.2, 0.25) is 0 Å². The van der Waals surface area contributed by atoms with Gasteiger partial charge >= 0.3 is 0 Å². The van der Waals surface area contributed by atoms with Crippen molar-refractivity contribution in [1.82, 2.24) is 9.97 Å². The van der Waals surface area contributed by atoms with E-state index in [1.807, 2.05) is 12.1 Å². The first-order chi connectivity index (χ1) is 13.1. The van der Waals surface area contributed by atoms with Gasteiger partial charge in [0, 0.05) is 12.4 Å². The summed E-state index contributed by atoms with van der Waals surface area (Å²) < 4.78 is 13.5. The molecule has 1 amide bonds. The number of hydrogen-bond acceptors (Lipinski definition) is 5. The third-order valence-corrected chi connectivity index (χ3v) is 3.70. The predicted molar refractivity (Wildman–Crippen MR) is 95.1 cm³/mol. The lowest BCUT2D eigenvalue weighted by molar-refractivity contribution is 0.102. The largest absolute Gasteiger partial charge is 0.307 e. The number of aromatic nitrogens is 2. The fraction of sp³-hybridized carbons (Fsp3) is 0.0500. The second-order valence-electron chi connectivity index (χ2n) is 5.69. The Morgan fingerprint density at radius 2 is 1.85 bits per heavy atom. The molecule has 2 heterocycles. The molecular formula is C20H12FN5O. The van der Waals surface area contributed by atoms with E-state index < -0.39 is 11.7 Å². The number of rotatable bonds is 4. The maximum Gasteiger partial charge on any atom is 0.258 e. The molecule has 0 fully saturated rings. The summed E-state index contributed by atoms with van der Waals surface area (Å²) in [4.78, 5) is 20.2. The van der Waals surface area contributed by atoms with E-state index in [1.54, 1.807) is 24.4 Å². The zero-order chi connectivity index (χ0) is 19.2. The second kappa shape index (κ2) is 7.85. The number of nitriles is 2. The number of nitrogens with one attached hydrogen (secondary N) is 1. The van der Waals surface area contributed by atoms with Gasteiger partial charge in [0.15, 0.2) is 0 Å². The minimum Gasteiger partial charge on any atom is -0.307 e. The predicted octanol–water partition coefficient (Wildman–Crippen LogP) is 3.20. The lowest BCUT2D eigenvalue weighted by Crippen LogP contribution is -2.13. The zero-order valence-electron chi connectivity index (χ0n) is 14.0. The topological polar surface area (TPSA) is 102 Å². The lowest BCUT2D eigenvalue weighted by atomic mass is 10.0. The molecule has 1 aromatic carbocycles. The van der Waals surface area contributed by atoms with Crippen LogP contribution in [0, 0.1) is 28.5 Å². The molecule has 2 aromatic heterocycles. The number of halogens is 1. The number of anilines is 1. The molecule has 0 aliphatic carbocycles. The number of pyridine rings is 2. The van der Waals surface area contributed by atoms with Crippen LogP contribution in [-0.4, -0.2) is 15.9 Å². The minimum absolute atomic E-state index is 0.228. The van der Waals surface area contributed by atoms with Gasteiger partial charge in [-0.15, -0.1) is 0 Å². The molecule has 130 valence electrons. The SMILES string of the molecule is N#Cc1cc(F)cc(Cc2ccc(NC(=O)c3ccc(C#N)nc3)nc2)c1. The summed E-state index contributed by atoms with van der Waals surface area (Å²) in [6.07, 6.45) is 3.30. The number of benzene rings is 1. The molecule has 0 unspecified atom stereocenters. The third kappa shape index (κ3) is 4.50. The highest BCUT2D eigenvalue weighted by atomic mass is 19.1. The van der Waals surface area contributed by atoms with Crippen molar-refractivity contribution < 1.29 is 9.18 Å². The summed E-state index contributed by atoms with van der Waals surface area (Å²) in [5.41, 5.74) is 2.27. The molecule has 7 heteroatoms. The molecule has 0 aliphatic heterocycles. The van der Waals surface area contributed by atoms with Crippen molar-refractivity contribution in [2.45, 2.75) is 6.42 Å². The van der Waals surface area contributed by atoms with E-state index >= 15 is 0 Å². The molecule has 0 saturated carbocycles. The summed E-state index contributed by atoms with van der Waals surface area (Å²) >= 11 is 0. The Balaban J connectivity index is 1.68. The first kappa shape index (κ1) is 17.7. The van der Waals surface area contributed by atoms with Gasteiger partial charge in [0.05, 0.1) is 17.2 Å². The molecule has 27 heavy (non-hydrogen) atoms. The van der Waals surface area contributed by atoms with Gasteiger partial charge in [0.1, 0.15) is 23.4 Å². The van der Waals surface area contributed by atoms with Crippen LogP contribution >= 0.6 is 0 Å². The quantitative estimate of drug-likeness (QED) is 0.772. The van der Waals surface area contributed by atoms with Gasteiger partial charge in [-0.2, -0.15) is 10.5 Å². The molecule has 0 aliphatic rings. The Morgan fingerprint density at radius 3 is 2.48 bits per heavy atom. The number of hydrogen-bond donors (Lipinski definition) is 1. The number of carbonyl (C=O) groups excluding carboxylic acids is 1. The first-order valence-electron chi connectivity index (χ1n) is 7.89. The molecule has 0 atom stereocenters. The summed E-state index contributed by atoms with van der Waals surface area (Å²) in [6.45, 7) is 0. The van der Waals surface area contributed by atoms with Gasteiger partial charge < -0.3 is 5.32 Å². The summed E-state index contributed by atoms with van der Waals surface area (Å²) in [5.74, 6) is -0.502. The van der Waals surface area contributed by atoms with Crippen molar-refractivity contribution in [2.24, 2.45) is 0 Å². The third-order valence-electron chi connectivity index (χ3n) is 3.70. The van der Waals surface area contributed by atoms with Crippen molar-refractivity contribution in [3.05, 3.63) is 88.6 Å². The highest BCUT2D eigenvalue weighted by molar-refractivity contribution is 6.03. The smallest absolute Gasteiger partial charge is 0.258 e. The Morgan fingerprint density at radius 1 is 1.00 bits per heavy atom. The standard InChI is InChI=1S/C20H12FN5O/c21-17-7-14(6-15(8-17)9-22)5-13-1-4-19(25-11-13)26-20(27)16-2-3-18(10-23)24-12-16/h1-4,6-8,11-12H,5H2,(H,25,26,27). The van der Waals surface area contributed by atoms with Crippen molar-refractivity contribution >= 4 is 11.7 Å². The number of amides is 1. The van der Waals surface area contributed by atoms with E-state index in [9.17, 15) is 9.18 Å². The molecule has 3 rings (SSSR count). The Hall–Kier alpha value is -4.10. The van der Waals surface area contributed by atoms with Gasteiger partial charge in [-0.3, -0.25) is 4.79 Å². The van der Waals surface area contributed by atoms with Crippen LogP contribution in [0.25, 0.3) is 0 Å². The van der Waals surface area contributed by atoms with E-state index in [0.29, 0.717) is 23.4 Å². The highest BCUT2D eigenvalue weighted by Crippen LogP contribution is 2.15. The average molecular weight is 357 g/mol. The van der Waals surface area contributed by atoms with Gasteiger partial charge in [0.25, 0.3) is 5.91 Å².